The van der Waals surface area contributed by atoms with Crippen LogP contribution in [0.2, 0.25) is 0 Å². The molecular weight excluding hydrogens is 925 g/mol. The van der Waals surface area contributed by atoms with Crippen molar-refractivity contribution >= 4 is 78.2 Å². The SMILES string of the molecule is CCC(CC(C)(C#N)C(=O)Oc1ccc(-c2ccc(-n3c4ccc(N(C)C)cc4c4cc(N(C)C)ccc43)cn2)c(C)c1)c1ccc(-c2ccc(-c3ccc(N(c4ccccc4)c4ccccc4)s3)s2)cc1. The summed E-state index contributed by atoms with van der Waals surface area (Å²) in [6, 6.07) is 63.6. The first kappa shape index (κ1) is 47.7. The van der Waals surface area contributed by atoms with E-state index in [0.29, 0.717) is 12.2 Å². The fourth-order valence-corrected chi connectivity index (χ4v) is 11.7. The summed E-state index contributed by atoms with van der Waals surface area (Å²) < 4.78 is 8.28. The van der Waals surface area contributed by atoms with Gasteiger partial charge in [-0.05, 0) is 165 Å². The van der Waals surface area contributed by atoms with Crippen LogP contribution >= 0.6 is 22.7 Å². The molecule has 358 valence electrons. The molecule has 0 fully saturated rings. The molecule has 4 aromatic heterocycles. The summed E-state index contributed by atoms with van der Waals surface area (Å²) >= 11 is 3.56. The number of anilines is 5. The average Bonchev–Trinajstić information content (AvgIpc) is 4.17. The van der Waals surface area contributed by atoms with Gasteiger partial charge in [-0.15, -0.1) is 22.7 Å². The van der Waals surface area contributed by atoms with E-state index in [-0.39, 0.29) is 5.92 Å². The lowest BCUT2D eigenvalue weighted by Gasteiger charge is -2.25. The molecule has 6 aromatic carbocycles. The minimum absolute atomic E-state index is 0.0245. The van der Waals surface area contributed by atoms with Gasteiger partial charge in [0, 0.05) is 81.9 Å². The van der Waals surface area contributed by atoms with E-state index in [0.717, 1.165) is 78.8 Å². The number of esters is 1. The molecule has 2 unspecified atom stereocenters. The van der Waals surface area contributed by atoms with Crippen LogP contribution in [0, 0.1) is 23.7 Å². The Morgan fingerprint density at radius 1 is 0.681 bits per heavy atom. The Morgan fingerprint density at radius 3 is 1.83 bits per heavy atom. The van der Waals surface area contributed by atoms with E-state index >= 15 is 0 Å². The number of carbonyl (C=O) groups excluding carboxylic acids is 1. The van der Waals surface area contributed by atoms with Crippen LogP contribution in [0.15, 0.2) is 182 Å². The Kier molecular flexibility index (Phi) is 13.3. The number of pyridine rings is 1. The first-order valence-electron chi connectivity index (χ1n) is 24.3. The van der Waals surface area contributed by atoms with E-state index in [4.69, 9.17) is 9.72 Å². The summed E-state index contributed by atoms with van der Waals surface area (Å²) in [6.45, 7) is 5.79. The van der Waals surface area contributed by atoms with Gasteiger partial charge in [0.1, 0.15) is 10.8 Å². The minimum Gasteiger partial charge on any atom is -0.425 e. The first-order valence-corrected chi connectivity index (χ1v) is 25.9. The van der Waals surface area contributed by atoms with Crippen molar-refractivity contribution in [3.63, 3.8) is 0 Å². The second-order valence-corrected chi connectivity index (χ2v) is 21.1. The van der Waals surface area contributed by atoms with Crippen molar-refractivity contribution in [3.8, 4) is 49.0 Å². The summed E-state index contributed by atoms with van der Waals surface area (Å²) in [6.07, 6.45) is 3.02. The topological polar surface area (TPSA) is 77.6 Å². The maximum absolute atomic E-state index is 13.9. The van der Waals surface area contributed by atoms with Crippen molar-refractivity contribution in [1.82, 2.24) is 9.55 Å². The number of nitriles is 1. The number of aromatic nitrogens is 2. The minimum atomic E-state index is -1.36. The zero-order valence-corrected chi connectivity index (χ0v) is 43.3. The number of nitrogens with zero attached hydrogens (tertiary/aromatic N) is 6. The van der Waals surface area contributed by atoms with Gasteiger partial charge >= 0.3 is 5.97 Å². The standard InChI is InChI=1S/C62H56N6O2S2/c1-8-42(43-19-21-44(22-20-43)57-31-32-58(71-57)59-33-34-60(72-59)67(45-15-11-9-12-16-45)46-17-13-10-14-18-46)38-62(3,40-63)61(69)70-50-26-27-51(41(2)35-50)54-28-23-49(39-64-54)68-55-29-24-47(65(4)5)36-52(55)53-37-48(66(6)7)25-30-56(53)68/h9-37,39,42H,8,38H2,1-7H3. The molecule has 0 amide bonds. The highest BCUT2D eigenvalue weighted by atomic mass is 32.1. The van der Waals surface area contributed by atoms with Crippen LogP contribution in [-0.2, 0) is 4.79 Å². The number of hydrogen-bond donors (Lipinski definition) is 0. The fourth-order valence-electron chi connectivity index (χ4n) is 9.57. The van der Waals surface area contributed by atoms with E-state index in [9.17, 15) is 10.1 Å². The Hall–Kier alpha value is -7.97. The van der Waals surface area contributed by atoms with Gasteiger partial charge in [-0.2, -0.15) is 5.26 Å². The Morgan fingerprint density at radius 2 is 1.28 bits per heavy atom. The molecule has 10 heteroatoms. The van der Waals surface area contributed by atoms with Crippen molar-refractivity contribution < 1.29 is 9.53 Å². The third-order valence-electron chi connectivity index (χ3n) is 13.7. The summed E-state index contributed by atoms with van der Waals surface area (Å²) in [7, 11) is 8.26. The molecule has 0 bridgehead atoms. The number of fused-ring (bicyclic) bond motifs is 3. The largest absolute Gasteiger partial charge is 0.425 e. The van der Waals surface area contributed by atoms with Crippen LogP contribution in [0.4, 0.5) is 27.8 Å². The molecule has 0 saturated heterocycles. The molecule has 2 atom stereocenters. The van der Waals surface area contributed by atoms with Gasteiger partial charge in [-0.3, -0.25) is 4.98 Å². The van der Waals surface area contributed by atoms with Crippen molar-refractivity contribution in [2.45, 2.75) is 39.5 Å². The molecule has 0 aliphatic carbocycles. The molecule has 0 aliphatic rings. The van der Waals surface area contributed by atoms with Gasteiger partial charge in [0.15, 0.2) is 5.41 Å². The lowest BCUT2D eigenvalue weighted by Crippen LogP contribution is -2.32. The summed E-state index contributed by atoms with van der Waals surface area (Å²) in [5.41, 5.74) is 11.2. The van der Waals surface area contributed by atoms with Crippen LogP contribution in [0.25, 0.3) is 58.9 Å². The molecule has 0 saturated carbocycles. The van der Waals surface area contributed by atoms with Gasteiger partial charge in [-0.25, -0.2) is 4.79 Å². The molecular formula is C62H56N6O2S2. The van der Waals surface area contributed by atoms with Crippen LogP contribution in [0.5, 0.6) is 5.75 Å². The Balaban J connectivity index is 0.813. The molecule has 0 radical (unpaired) electrons. The fraction of sp³-hybridized carbons (Fsp3) is 0.177. The smallest absolute Gasteiger partial charge is 0.331 e. The molecule has 4 heterocycles. The highest BCUT2D eigenvalue weighted by Crippen LogP contribution is 2.45. The van der Waals surface area contributed by atoms with Crippen molar-refractivity contribution in [2.75, 3.05) is 42.9 Å². The van der Waals surface area contributed by atoms with Crippen LogP contribution < -0.4 is 19.4 Å². The Labute approximate surface area is 430 Å². The average molecular weight is 981 g/mol. The van der Waals surface area contributed by atoms with E-state index in [1.807, 2.05) is 43.5 Å². The molecule has 0 spiro atoms. The van der Waals surface area contributed by atoms with Crippen LogP contribution in [0.3, 0.4) is 0 Å². The number of aryl methyl sites for hydroxylation is 1. The molecule has 0 N–H and O–H groups in total. The Bertz CT molecular complexity index is 3490. The number of carbonyl (C=O) groups is 1. The first-order chi connectivity index (χ1) is 34.9. The lowest BCUT2D eigenvalue weighted by molar-refractivity contribution is -0.142. The van der Waals surface area contributed by atoms with Crippen molar-refractivity contribution in [3.05, 3.63) is 193 Å². The van der Waals surface area contributed by atoms with Crippen LogP contribution in [-0.4, -0.2) is 43.7 Å². The highest BCUT2D eigenvalue weighted by Gasteiger charge is 2.38. The highest BCUT2D eigenvalue weighted by molar-refractivity contribution is 7.25. The zero-order valence-electron chi connectivity index (χ0n) is 41.6. The van der Waals surface area contributed by atoms with Crippen molar-refractivity contribution in [2.24, 2.45) is 5.41 Å². The molecule has 8 nitrogen and oxygen atoms in total. The van der Waals surface area contributed by atoms with Gasteiger partial charge in [0.05, 0.1) is 34.7 Å². The lowest BCUT2D eigenvalue weighted by atomic mass is 9.78. The van der Waals surface area contributed by atoms with Gasteiger partial charge in [0.25, 0.3) is 0 Å². The third kappa shape index (κ3) is 9.37. The van der Waals surface area contributed by atoms with Gasteiger partial charge < -0.3 is 24.0 Å². The van der Waals surface area contributed by atoms with Gasteiger partial charge in [-0.1, -0.05) is 67.6 Å². The normalized spacial score (nSPS) is 12.6. The summed E-state index contributed by atoms with van der Waals surface area (Å²) in [4.78, 5) is 29.1. The number of benzene rings is 6. The van der Waals surface area contributed by atoms with Crippen molar-refractivity contribution in [1.29, 1.82) is 5.26 Å². The molecule has 0 aliphatic heterocycles. The zero-order chi connectivity index (χ0) is 50.1. The second kappa shape index (κ2) is 20.0. The van der Waals surface area contributed by atoms with E-state index < -0.39 is 11.4 Å². The number of ether oxygens (including phenoxy) is 1. The number of thiophene rings is 2. The molecule has 72 heavy (non-hydrogen) atoms. The van der Waals surface area contributed by atoms with E-state index in [1.165, 1.54) is 25.4 Å². The summed E-state index contributed by atoms with van der Waals surface area (Å²) in [5.74, 6) is -0.187. The quantitative estimate of drug-likeness (QED) is 0.0748. The van der Waals surface area contributed by atoms with E-state index in [1.54, 1.807) is 35.7 Å². The molecule has 10 aromatic rings. The number of para-hydroxylation sites is 2. The van der Waals surface area contributed by atoms with Gasteiger partial charge in [0.2, 0.25) is 0 Å². The second-order valence-electron chi connectivity index (χ2n) is 19.0. The maximum Gasteiger partial charge on any atom is 0.331 e. The monoisotopic (exact) mass is 980 g/mol. The van der Waals surface area contributed by atoms with E-state index in [2.05, 4.69) is 200 Å². The maximum atomic E-state index is 13.9. The third-order valence-corrected chi connectivity index (χ3v) is 16.1. The predicted octanol–water partition coefficient (Wildman–Crippen LogP) is 16.2. The van der Waals surface area contributed by atoms with Crippen LogP contribution in [0.1, 0.15) is 43.7 Å². The molecule has 10 rings (SSSR count). The summed E-state index contributed by atoms with van der Waals surface area (Å²) in [5, 5.41) is 14.0. The number of rotatable bonds is 15. The number of hydrogen-bond acceptors (Lipinski definition) is 9. The predicted molar refractivity (Wildman–Crippen MR) is 302 cm³/mol.